The van der Waals surface area contributed by atoms with E-state index in [1.165, 1.54) is 24.3 Å². The molecule has 0 bridgehead atoms. The first kappa shape index (κ1) is 19.9. The first-order chi connectivity index (χ1) is 12.8. The Morgan fingerprint density at radius 2 is 1.78 bits per heavy atom. The monoisotopic (exact) mass is 428 g/mol. The van der Waals surface area contributed by atoms with Crippen molar-refractivity contribution in [2.45, 2.75) is 11.8 Å². The Bertz CT molecular complexity index is 973. The predicted molar refractivity (Wildman–Crippen MR) is 105 cm³/mol. The first-order valence-electron chi connectivity index (χ1n) is 8.23. The van der Waals surface area contributed by atoms with E-state index >= 15 is 0 Å². The van der Waals surface area contributed by atoms with E-state index in [2.05, 4.69) is 4.72 Å². The largest absolute Gasteiger partial charge is 0.378 e. The van der Waals surface area contributed by atoms with Crippen molar-refractivity contribution < 1.29 is 17.9 Å². The Labute approximate surface area is 168 Å². The van der Waals surface area contributed by atoms with Crippen LogP contribution in [-0.4, -0.2) is 45.5 Å². The Hall–Kier alpha value is -1.80. The van der Waals surface area contributed by atoms with Gasteiger partial charge in [-0.15, -0.1) is 0 Å². The average molecular weight is 429 g/mol. The third-order valence-electron chi connectivity index (χ3n) is 4.20. The molecule has 1 amide bonds. The zero-order valence-electron chi connectivity index (χ0n) is 14.5. The van der Waals surface area contributed by atoms with Crippen molar-refractivity contribution in [3.8, 4) is 0 Å². The van der Waals surface area contributed by atoms with Crippen LogP contribution in [0.3, 0.4) is 0 Å². The van der Waals surface area contributed by atoms with Crippen molar-refractivity contribution in [1.29, 1.82) is 0 Å². The summed E-state index contributed by atoms with van der Waals surface area (Å²) in [5.41, 5.74) is 1.31. The molecule has 2 aromatic carbocycles. The third-order valence-corrected chi connectivity index (χ3v) is 6.32. The second-order valence-corrected chi connectivity index (χ2v) is 8.61. The molecule has 0 aromatic heterocycles. The van der Waals surface area contributed by atoms with Gasteiger partial charge in [-0.05, 0) is 42.8 Å². The molecule has 0 atom stereocenters. The van der Waals surface area contributed by atoms with Crippen molar-refractivity contribution in [2.24, 2.45) is 0 Å². The lowest BCUT2D eigenvalue weighted by atomic mass is 10.2. The van der Waals surface area contributed by atoms with Crippen molar-refractivity contribution in [2.75, 3.05) is 31.0 Å². The van der Waals surface area contributed by atoms with Gasteiger partial charge in [-0.3, -0.25) is 9.52 Å². The van der Waals surface area contributed by atoms with E-state index < -0.39 is 10.0 Å². The fourth-order valence-electron chi connectivity index (χ4n) is 2.64. The van der Waals surface area contributed by atoms with Gasteiger partial charge >= 0.3 is 0 Å². The van der Waals surface area contributed by atoms with Crippen LogP contribution < -0.4 is 4.72 Å². The molecule has 1 fully saturated rings. The molecule has 3 rings (SSSR count). The van der Waals surface area contributed by atoms with Gasteiger partial charge in [-0.25, -0.2) is 8.42 Å². The number of rotatable bonds is 4. The van der Waals surface area contributed by atoms with Crippen LogP contribution in [-0.2, 0) is 14.8 Å². The van der Waals surface area contributed by atoms with Crippen molar-refractivity contribution in [3.63, 3.8) is 0 Å². The summed E-state index contributed by atoms with van der Waals surface area (Å²) in [4.78, 5) is 14.2. The number of nitrogens with one attached hydrogen (secondary N) is 1. The van der Waals surface area contributed by atoms with Crippen LogP contribution in [0.4, 0.5) is 5.69 Å². The predicted octanol–water partition coefficient (Wildman–Crippen LogP) is 3.58. The molecule has 0 spiro atoms. The van der Waals surface area contributed by atoms with Gasteiger partial charge in [-0.1, -0.05) is 29.3 Å². The highest BCUT2D eigenvalue weighted by atomic mass is 35.5. The maximum atomic E-state index is 12.7. The van der Waals surface area contributed by atoms with Gasteiger partial charge in [0.25, 0.3) is 15.9 Å². The zero-order chi connectivity index (χ0) is 19.6. The standard InChI is InChI=1S/C18H18Cl2N2O4S/c1-12-2-3-13(10-17(12)20)21-27(24,25)14-4-5-16(19)15(11-14)18(23)22-6-8-26-9-7-22/h2-5,10-11,21H,6-9H2,1H3. The highest BCUT2D eigenvalue weighted by molar-refractivity contribution is 7.92. The highest BCUT2D eigenvalue weighted by Crippen LogP contribution is 2.26. The molecular weight excluding hydrogens is 411 g/mol. The van der Waals surface area contributed by atoms with Crippen LogP contribution in [0.1, 0.15) is 15.9 Å². The number of amides is 1. The second kappa shape index (κ2) is 8.06. The molecule has 0 saturated carbocycles. The molecule has 9 heteroatoms. The van der Waals surface area contributed by atoms with E-state index in [1.54, 1.807) is 17.0 Å². The minimum absolute atomic E-state index is 0.0554. The van der Waals surface area contributed by atoms with Gasteiger partial charge in [0.2, 0.25) is 0 Å². The van der Waals surface area contributed by atoms with E-state index in [0.29, 0.717) is 37.0 Å². The maximum absolute atomic E-state index is 12.7. The molecule has 1 aliphatic heterocycles. The van der Waals surface area contributed by atoms with Crippen molar-refractivity contribution in [3.05, 3.63) is 57.6 Å². The van der Waals surface area contributed by atoms with Gasteiger partial charge in [-0.2, -0.15) is 0 Å². The summed E-state index contributed by atoms with van der Waals surface area (Å²) in [7, 11) is -3.91. The van der Waals surface area contributed by atoms with Gasteiger partial charge in [0.15, 0.2) is 0 Å². The number of carbonyl (C=O) groups is 1. The molecule has 1 aliphatic rings. The number of hydrogen-bond donors (Lipinski definition) is 1. The maximum Gasteiger partial charge on any atom is 0.261 e. The minimum atomic E-state index is -3.91. The Morgan fingerprint density at radius 1 is 1.07 bits per heavy atom. The normalized spacial score (nSPS) is 14.9. The number of ether oxygens (including phenoxy) is 1. The smallest absolute Gasteiger partial charge is 0.261 e. The highest BCUT2D eigenvalue weighted by Gasteiger charge is 2.24. The fraction of sp³-hybridized carbons (Fsp3) is 0.278. The second-order valence-electron chi connectivity index (χ2n) is 6.12. The number of carbonyl (C=O) groups excluding carboxylic acids is 1. The van der Waals surface area contributed by atoms with Crippen LogP contribution in [0.2, 0.25) is 10.0 Å². The Morgan fingerprint density at radius 3 is 2.44 bits per heavy atom. The molecule has 27 heavy (non-hydrogen) atoms. The first-order valence-corrected chi connectivity index (χ1v) is 10.5. The molecule has 1 saturated heterocycles. The molecular formula is C18H18Cl2N2O4S. The van der Waals surface area contributed by atoms with Crippen LogP contribution in [0.5, 0.6) is 0 Å². The van der Waals surface area contributed by atoms with E-state index in [-0.39, 0.29) is 21.4 Å². The lowest BCUT2D eigenvalue weighted by Gasteiger charge is -2.27. The summed E-state index contributed by atoms with van der Waals surface area (Å²) >= 11 is 12.2. The molecule has 6 nitrogen and oxygen atoms in total. The number of hydrogen-bond acceptors (Lipinski definition) is 4. The van der Waals surface area contributed by atoms with Gasteiger partial charge in [0, 0.05) is 18.1 Å². The van der Waals surface area contributed by atoms with Crippen LogP contribution >= 0.6 is 23.2 Å². The average Bonchev–Trinajstić information content (AvgIpc) is 2.65. The molecule has 144 valence electrons. The van der Waals surface area contributed by atoms with Gasteiger partial charge < -0.3 is 9.64 Å². The number of anilines is 1. The molecule has 1 N–H and O–H groups in total. The lowest BCUT2D eigenvalue weighted by Crippen LogP contribution is -2.40. The third kappa shape index (κ3) is 4.55. The molecule has 1 heterocycles. The van der Waals surface area contributed by atoms with Crippen molar-refractivity contribution in [1.82, 2.24) is 4.90 Å². The van der Waals surface area contributed by atoms with Gasteiger partial charge in [0.05, 0.1) is 34.4 Å². The van der Waals surface area contributed by atoms with E-state index in [9.17, 15) is 13.2 Å². The quantitative estimate of drug-likeness (QED) is 0.807. The van der Waals surface area contributed by atoms with Crippen LogP contribution in [0.25, 0.3) is 0 Å². The molecule has 0 radical (unpaired) electrons. The number of nitrogens with zero attached hydrogens (tertiary/aromatic N) is 1. The Balaban J connectivity index is 1.89. The van der Waals surface area contributed by atoms with E-state index in [4.69, 9.17) is 27.9 Å². The summed E-state index contributed by atoms with van der Waals surface area (Å²) in [5, 5.41) is 0.651. The van der Waals surface area contributed by atoms with E-state index in [1.807, 2.05) is 6.92 Å². The summed E-state index contributed by atoms with van der Waals surface area (Å²) in [6.45, 7) is 3.58. The lowest BCUT2D eigenvalue weighted by molar-refractivity contribution is 0.0303. The fourth-order valence-corrected chi connectivity index (χ4v) is 4.10. The minimum Gasteiger partial charge on any atom is -0.378 e. The summed E-state index contributed by atoms with van der Waals surface area (Å²) in [6, 6.07) is 8.93. The SMILES string of the molecule is Cc1ccc(NS(=O)(=O)c2ccc(Cl)c(C(=O)N3CCOCC3)c2)cc1Cl. The number of aryl methyl sites for hydroxylation is 1. The number of sulfonamides is 1. The number of morpholine rings is 1. The summed E-state index contributed by atoms with van der Waals surface area (Å²) in [5.74, 6) is -0.321. The van der Waals surface area contributed by atoms with Crippen LogP contribution in [0, 0.1) is 6.92 Å². The molecule has 0 unspecified atom stereocenters. The van der Waals surface area contributed by atoms with Crippen LogP contribution in [0.15, 0.2) is 41.3 Å². The molecule has 2 aromatic rings. The number of benzene rings is 2. The van der Waals surface area contributed by atoms with E-state index in [0.717, 1.165) is 5.56 Å². The van der Waals surface area contributed by atoms with Crippen molar-refractivity contribution >= 4 is 44.8 Å². The topological polar surface area (TPSA) is 75.7 Å². The zero-order valence-corrected chi connectivity index (χ0v) is 16.9. The Kier molecular flexibility index (Phi) is 5.95. The van der Waals surface area contributed by atoms with Gasteiger partial charge in [0.1, 0.15) is 0 Å². The summed E-state index contributed by atoms with van der Waals surface area (Å²) in [6.07, 6.45) is 0. The number of halogens is 2. The summed E-state index contributed by atoms with van der Waals surface area (Å²) < 4.78 is 33.1. The molecule has 0 aliphatic carbocycles.